The molecular formula is C19H39NO. The largest absolute Gasteiger partial charge is 0.385 e. The van der Waals surface area contributed by atoms with Crippen molar-refractivity contribution in [2.75, 3.05) is 20.3 Å². The molecule has 1 rings (SSSR count). The highest BCUT2D eigenvalue weighted by Gasteiger charge is 2.30. The van der Waals surface area contributed by atoms with Crippen molar-refractivity contribution >= 4 is 0 Å². The van der Waals surface area contributed by atoms with Gasteiger partial charge in [0.2, 0.25) is 0 Å². The van der Waals surface area contributed by atoms with Crippen molar-refractivity contribution in [3.8, 4) is 0 Å². The van der Waals surface area contributed by atoms with Crippen LogP contribution in [0.25, 0.3) is 0 Å². The molecule has 1 N–H and O–H groups in total. The monoisotopic (exact) mass is 297 g/mol. The van der Waals surface area contributed by atoms with Crippen LogP contribution in [0.5, 0.6) is 0 Å². The van der Waals surface area contributed by atoms with E-state index in [4.69, 9.17) is 4.74 Å². The molecule has 0 aromatic heterocycles. The average Bonchev–Trinajstić information content (AvgIpc) is 2.52. The molecule has 1 saturated carbocycles. The van der Waals surface area contributed by atoms with Crippen LogP contribution in [0, 0.1) is 17.8 Å². The van der Waals surface area contributed by atoms with Gasteiger partial charge in [-0.1, -0.05) is 52.9 Å². The third-order valence-electron chi connectivity index (χ3n) is 5.39. The highest BCUT2D eigenvalue weighted by atomic mass is 16.5. The number of hydrogen-bond donors (Lipinski definition) is 1. The molecule has 2 heteroatoms. The van der Waals surface area contributed by atoms with E-state index in [9.17, 15) is 0 Å². The van der Waals surface area contributed by atoms with Crippen molar-refractivity contribution in [2.24, 2.45) is 17.8 Å². The van der Waals surface area contributed by atoms with E-state index in [0.29, 0.717) is 6.04 Å². The van der Waals surface area contributed by atoms with Crippen LogP contribution in [0.1, 0.15) is 78.6 Å². The van der Waals surface area contributed by atoms with Gasteiger partial charge in [-0.25, -0.2) is 0 Å². The Labute approximate surface area is 133 Å². The summed E-state index contributed by atoms with van der Waals surface area (Å²) < 4.78 is 5.29. The molecule has 0 radical (unpaired) electrons. The summed E-state index contributed by atoms with van der Waals surface area (Å²) >= 11 is 0. The molecule has 21 heavy (non-hydrogen) atoms. The number of unbranched alkanes of at least 4 members (excludes halogenated alkanes) is 1. The van der Waals surface area contributed by atoms with Crippen molar-refractivity contribution in [2.45, 2.75) is 84.6 Å². The Bertz CT molecular complexity index is 236. The Balaban J connectivity index is 2.43. The lowest BCUT2D eigenvalue weighted by Gasteiger charge is -2.37. The number of ether oxygens (including phenoxy) is 1. The van der Waals surface area contributed by atoms with Crippen molar-refractivity contribution in [1.29, 1.82) is 0 Å². The van der Waals surface area contributed by atoms with Crippen molar-refractivity contribution in [3.05, 3.63) is 0 Å². The number of nitrogens with one attached hydrogen (secondary N) is 1. The molecule has 2 unspecified atom stereocenters. The maximum Gasteiger partial charge on any atom is 0.0465 e. The Morgan fingerprint density at radius 1 is 1.10 bits per heavy atom. The van der Waals surface area contributed by atoms with Crippen molar-refractivity contribution in [1.82, 2.24) is 5.32 Å². The minimum atomic E-state index is 0.701. The standard InChI is InChI=1S/C19H39NO/c1-5-7-8-17-9-11-18(12-10-17)19(20-14-6-2)16(3)13-15-21-4/h16-20H,5-15H2,1-4H3. The van der Waals surface area contributed by atoms with Crippen molar-refractivity contribution in [3.63, 3.8) is 0 Å². The summed E-state index contributed by atoms with van der Waals surface area (Å²) in [5.74, 6) is 2.64. The number of rotatable bonds is 11. The molecule has 1 fully saturated rings. The fraction of sp³-hybridized carbons (Fsp3) is 1.00. The molecule has 0 bridgehead atoms. The van der Waals surface area contributed by atoms with E-state index >= 15 is 0 Å². The molecule has 2 atom stereocenters. The van der Waals surface area contributed by atoms with Crippen LogP contribution in [0.2, 0.25) is 0 Å². The van der Waals surface area contributed by atoms with Crippen LogP contribution in [0.4, 0.5) is 0 Å². The Hall–Kier alpha value is -0.0800. The lowest BCUT2D eigenvalue weighted by molar-refractivity contribution is 0.137. The summed E-state index contributed by atoms with van der Waals surface area (Å²) in [7, 11) is 1.82. The molecule has 0 heterocycles. The van der Waals surface area contributed by atoms with Crippen LogP contribution >= 0.6 is 0 Å². The predicted molar refractivity (Wildman–Crippen MR) is 92.7 cm³/mol. The number of hydrogen-bond acceptors (Lipinski definition) is 2. The zero-order chi connectivity index (χ0) is 15.5. The quantitative estimate of drug-likeness (QED) is 0.578. The van der Waals surface area contributed by atoms with E-state index in [0.717, 1.165) is 30.9 Å². The highest BCUT2D eigenvalue weighted by molar-refractivity contribution is 4.85. The third kappa shape index (κ3) is 7.15. The van der Waals surface area contributed by atoms with Crippen LogP contribution in [-0.2, 0) is 4.74 Å². The minimum Gasteiger partial charge on any atom is -0.385 e. The van der Waals surface area contributed by atoms with Gasteiger partial charge in [0, 0.05) is 19.8 Å². The SMILES string of the molecule is CCCCC1CCC(C(NCCC)C(C)CCOC)CC1. The second-order valence-electron chi connectivity index (χ2n) is 7.16. The summed E-state index contributed by atoms with van der Waals surface area (Å²) in [4.78, 5) is 0. The second-order valence-corrected chi connectivity index (χ2v) is 7.16. The summed E-state index contributed by atoms with van der Waals surface area (Å²) in [5.41, 5.74) is 0. The van der Waals surface area contributed by atoms with Gasteiger partial charge in [-0.05, 0) is 50.0 Å². The summed E-state index contributed by atoms with van der Waals surface area (Å²) in [6.45, 7) is 9.06. The van der Waals surface area contributed by atoms with Gasteiger partial charge in [-0.3, -0.25) is 0 Å². The van der Waals surface area contributed by atoms with E-state index < -0.39 is 0 Å². The predicted octanol–water partition coefficient (Wildman–Crippen LogP) is 5.02. The van der Waals surface area contributed by atoms with Crippen LogP contribution < -0.4 is 5.32 Å². The normalized spacial score (nSPS) is 25.7. The molecule has 1 aliphatic rings. The third-order valence-corrected chi connectivity index (χ3v) is 5.39. The molecule has 2 nitrogen and oxygen atoms in total. The van der Waals surface area contributed by atoms with Gasteiger partial charge in [-0.2, -0.15) is 0 Å². The summed E-state index contributed by atoms with van der Waals surface area (Å²) in [6, 6.07) is 0.701. The molecule has 0 aromatic rings. The average molecular weight is 298 g/mol. The minimum absolute atomic E-state index is 0.701. The van der Waals surface area contributed by atoms with Crippen molar-refractivity contribution < 1.29 is 4.74 Å². The molecule has 1 aliphatic carbocycles. The maximum absolute atomic E-state index is 5.29. The summed E-state index contributed by atoms with van der Waals surface area (Å²) in [6.07, 6.45) is 12.5. The van der Waals surface area contributed by atoms with E-state index in [1.54, 1.807) is 0 Å². The Kier molecular flexibility index (Phi) is 10.4. The first-order valence-electron chi connectivity index (χ1n) is 9.45. The van der Waals surface area contributed by atoms with Crippen LogP contribution in [0.15, 0.2) is 0 Å². The molecule has 0 aliphatic heterocycles. The molecule has 0 saturated heterocycles. The molecular weight excluding hydrogens is 258 g/mol. The molecule has 126 valence electrons. The van der Waals surface area contributed by atoms with Gasteiger partial charge < -0.3 is 10.1 Å². The van der Waals surface area contributed by atoms with Crippen LogP contribution in [-0.4, -0.2) is 26.3 Å². The molecule has 0 amide bonds. The van der Waals surface area contributed by atoms with E-state index in [1.807, 2.05) is 7.11 Å². The maximum atomic E-state index is 5.29. The zero-order valence-electron chi connectivity index (χ0n) is 15.0. The first-order chi connectivity index (χ1) is 10.2. The smallest absolute Gasteiger partial charge is 0.0465 e. The van der Waals surface area contributed by atoms with Gasteiger partial charge in [0.1, 0.15) is 0 Å². The van der Waals surface area contributed by atoms with E-state index in [2.05, 4.69) is 26.1 Å². The topological polar surface area (TPSA) is 21.3 Å². The zero-order valence-corrected chi connectivity index (χ0v) is 15.0. The van der Waals surface area contributed by atoms with Gasteiger partial charge in [0.15, 0.2) is 0 Å². The lowest BCUT2D eigenvalue weighted by Crippen LogP contribution is -2.43. The number of methoxy groups -OCH3 is 1. The van der Waals surface area contributed by atoms with E-state index in [1.165, 1.54) is 57.8 Å². The summed E-state index contributed by atoms with van der Waals surface area (Å²) in [5, 5.41) is 3.85. The van der Waals surface area contributed by atoms with Gasteiger partial charge >= 0.3 is 0 Å². The highest BCUT2D eigenvalue weighted by Crippen LogP contribution is 2.35. The van der Waals surface area contributed by atoms with Gasteiger partial charge in [-0.15, -0.1) is 0 Å². The fourth-order valence-electron chi connectivity index (χ4n) is 3.96. The first kappa shape index (κ1) is 19.0. The van der Waals surface area contributed by atoms with Crippen LogP contribution in [0.3, 0.4) is 0 Å². The molecule has 0 aromatic carbocycles. The molecule has 0 spiro atoms. The second kappa shape index (κ2) is 11.5. The lowest BCUT2D eigenvalue weighted by atomic mass is 9.73. The first-order valence-corrected chi connectivity index (χ1v) is 9.45. The fourth-order valence-corrected chi connectivity index (χ4v) is 3.96. The van der Waals surface area contributed by atoms with E-state index in [-0.39, 0.29) is 0 Å². The Morgan fingerprint density at radius 3 is 2.38 bits per heavy atom. The van der Waals surface area contributed by atoms with Gasteiger partial charge in [0.05, 0.1) is 0 Å². The Morgan fingerprint density at radius 2 is 1.81 bits per heavy atom. The van der Waals surface area contributed by atoms with Gasteiger partial charge in [0.25, 0.3) is 0 Å².